The summed E-state index contributed by atoms with van der Waals surface area (Å²) in [4.78, 5) is 28.7. The maximum absolute atomic E-state index is 13.2. The standard InChI is InChI=1S/C21H19FN2O4S/c1-13(20(26)23-16-5-3-4-15(22)10-16)28-19(25)11-17-12-29-21(24-17)14-6-8-18(27-2)9-7-14/h3-10,12-13H,11H2,1-2H3,(H,23,26)/t13-/m0/s1. The largest absolute Gasteiger partial charge is 0.497 e. The van der Waals surface area contributed by atoms with E-state index in [1.165, 1.54) is 36.5 Å². The van der Waals surface area contributed by atoms with Gasteiger partial charge in [-0.3, -0.25) is 9.59 Å². The van der Waals surface area contributed by atoms with Crippen LogP contribution in [-0.2, 0) is 20.7 Å². The molecule has 0 aliphatic carbocycles. The third-order valence-corrected chi connectivity index (χ3v) is 4.92. The van der Waals surface area contributed by atoms with E-state index in [9.17, 15) is 14.0 Å². The number of rotatable bonds is 7. The molecule has 0 bridgehead atoms. The van der Waals surface area contributed by atoms with Crippen molar-refractivity contribution in [1.82, 2.24) is 4.98 Å². The first-order valence-electron chi connectivity index (χ1n) is 8.79. The lowest BCUT2D eigenvalue weighted by molar-refractivity contribution is -0.152. The highest BCUT2D eigenvalue weighted by Gasteiger charge is 2.19. The molecule has 2 aromatic carbocycles. The number of methoxy groups -OCH3 is 1. The van der Waals surface area contributed by atoms with E-state index in [4.69, 9.17) is 9.47 Å². The van der Waals surface area contributed by atoms with Gasteiger partial charge in [0.25, 0.3) is 5.91 Å². The molecule has 0 spiro atoms. The summed E-state index contributed by atoms with van der Waals surface area (Å²) in [7, 11) is 1.60. The lowest BCUT2D eigenvalue weighted by atomic mass is 10.2. The van der Waals surface area contributed by atoms with E-state index in [2.05, 4.69) is 10.3 Å². The normalized spacial score (nSPS) is 11.6. The summed E-state index contributed by atoms with van der Waals surface area (Å²) in [5.74, 6) is -0.831. The summed E-state index contributed by atoms with van der Waals surface area (Å²) in [6, 6.07) is 12.9. The minimum Gasteiger partial charge on any atom is -0.497 e. The average Bonchev–Trinajstić information content (AvgIpc) is 3.16. The van der Waals surface area contributed by atoms with Crippen LogP contribution in [0, 0.1) is 5.82 Å². The van der Waals surface area contributed by atoms with Gasteiger partial charge in [0.05, 0.1) is 19.2 Å². The maximum Gasteiger partial charge on any atom is 0.312 e. The highest BCUT2D eigenvalue weighted by molar-refractivity contribution is 7.13. The van der Waals surface area contributed by atoms with E-state index < -0.39 is 23.8 Å². The highest BCUT2D eigenvalue weighted by Crippen LogP contribution is 2.26. The van der Waals surface area contributed by atoms with Crippen LogP contribution in [0.2, 0.25) is 0 Å². The monoisotopic (exact) mass is 414 g/mol. The number of carbonyl (C=O) groups is 2. The van der Waals surface area contributed by atoms with E-state index in [-0.39, 0.29) is 6.42 Å². The molecule has 6 nitrogen and oxygen atoms in total. The molecule has 1 amide bonds. The molecular weight excluding hydrogens is 395 g/mol. The van der Waals surface area contributed by atoms with Crippen molar-refractivity contribution >= 4 is 28.9 Å². The number of nitrogens with zero attached hydrogens (tertiary/aromatic N) is 1. The van der Waals surface area contributed by atoms with Crippen LogP contribution in [0.15, 0.2) is 53.9 Å². The molecule has 150 valence electrons. The number of hydrogen-bond acceptors (Lipinski definition) is 6. The summed E-state index contributed by atoms with van der Waals surface area (Å²) in [6.45, 7) is 1.45. The number of benzene rings is 2. The SMILES string of the molecule is COc1ccc(-c2nc(CC(=O)O[C@@H](C)C(=O)Nc3cccc(F)c3)cs2)cc1. The van der Waals surface area contributed by atoms with Crippen LogP contribution in [0.5, 0.6) is 5.75 Å². The fraction of sp³-hybridized carbons (Fsp3) is 0.190. The molecular formula is C21H19FN2O4S. The predicted octanol–water partition coefficient (Wildman–Crippen LogP) is 4.07. The Morgan fingerprint density at radius 3 is 2.66 bits per heavy atom. The highest BCUT2D eigenvalue weighted by atomic mass is 32.1. The van der Waals surface area contributed by atoms with Crippen LogP contribution in [0.1, 0.15) is 12.6 Å². The molecule has 3 aromatic rings. The first-order chi connectivity index (χ1) is 13.9. The van der Waals surface area contributed by atoms with Gasteiger partial charge in [-0.2, -0.15) is 0 Å². The average molecular weight is 414 g/mol. The van der Waals surface area contributed by atoms with Crippen LogP contribution in [0.3, 0.4) is 0 Å². The van der Waals surface area contributed by atoms with Crippen LogP contribution < -0.4 is 10.1 Å². The molecule has 0 saturated carbocycles. The molecule has 0 saturated heterocycles. The number of aromatic nitrogens is 1. The number of amides is 1. The molecule has 0 fully saturated rings. The van der Waals surface area contributed by atoms with Gasteiger partial charge in [-0.1, -0.05) is 6.07 Å². The summed E-state index contributed by atoms with van der Waals surface area (Å²) >= 11 is 1.41. The fourth-order valence-electron chi connectivity index (χ4n) is 2.50. The van der Waals surface area contributed by atoms with E-state index in [0.29, 0.717) is 11.4 Å². The van der Waals surface area contributed by atoms with Crippen molar-refractivity contribution in [3.05, 3.63) is 65.4 Å². The number of carbonyl (C=O) groups excluding carboxylic acids is 2. The molecule has 0 unspecified atom stereocenters. The lowest BCUT2D eigenvalue weighted by Crippen LogP contribution is -2.30. The molecule has 1 N–H and O–H groups in total. The Bertz CT molecular complexity index is 1000. The number of esters is 1. The van der Waals surface area contributed by atoms with Crippen molar-refractivity contribution in [2.45, 2.75) is 19.4 Å². The third-order valence-electron chi connectivity index (χ3n) is 3.98. The Kier molecular flexibility index (Phi) is 6.56. The summed E-state index contributed by atoms with van der Waals surface area (Å²) < 4.78 is 23.5. The molecule has 0 aliphatic rings. The van der Waals surface area contributed by atoms with E-state index in [1.54, 1.807) is 18.6 Å². The molecule has 3 rings (SSSR count). The van der Waals surface area contributed by atoms with Gasteiger partial charge in [0.15, 0.2) is 6.10 Å². The van der Waals surface area contributed by atoms with E-state index in [1.807, 2.05) is 24.3 Å². The molecule has 1 heterocycles. The second-order valence-electron chi connectivity index (χ2n) is 6.18. The van der Waals surface area contributed by atoms with E-state index in [0.717, 1.165) is 16.3 Å². The molecule has 0 radical (unpaired) electrons. The van der Waals surface area contributed by atoms with Crippen molar-refractivity contribution in [1.29, 1.82) is 0 Å². The van der Waals surface area contributed by atoms with Crippen LogP contribution in [-0.4, -0.2) is 30.1 Å². The summed E-state index contributed by atoms with van der Waals surface area (Å²) in [5.41, 5.74) is 1.77. The van der Waals surface area contributed by atoms with Crippen LogP contribution >= 0.6 is 11.3 Å². The van der Waals surface area contributed by atoms with Gasteiger partial charge >= 0.3 is 5.97 Å². The van der Waals surface area contributed by atoms with Gasteiger partial charge in [-0.05, 0) is 49.4 Å². The molecule has 1 atom stereocenters. The van der Waals surface area contributed by atoms with Crippen molar-refractivity contribution < 1.29 is 23.5 Å². The number of ether oxygens (including phenoxy) is 2. The number of thiazole rings is 1. The Hall–Kier alpha value is -3.26. The fourth-order valence-corrected chi connectivity index (χ4v) is 3.33. The second kappa shape index (κ2) is 9.29. The third kappa shape index (κ3) is 5.61. The molecule has 1 aromatic heterocycles. The van der Waals surface area contributed by atoms with Crippen molar-refractivity contribution in [2.75, 3.05) is 12.4 Å². The quantitative estimate of drug-likeness (QED) is 0.590. The Labute approximate surface area is 171 Å². The number of nitrogens with one attached hydrogen (secondary N) is 1. The van der Waals surface area contributed by atoms with Gasteiger partial charge in [-0.15, -0.1) is 11.3 Å². The predicted molar refractivity (Wildman–Crippen MR) is 108 cm³/mol. The zero-order chi connectivity index (χ0) is 20.8. The zero-order valence-electron chi connectivity index (χ0n) is 15.8. The lowest BCUT2D eigenvalue weighted by Gasteiger charge is -2.13. The van der Waals surface area contributed by atoms with Gasteiger partial charge in [0, 0.05) is 16.6 Å². The Morgan fingerprint density at radius 1 is 1.21 bits per heavy atom. The van der Waals surface area contributed by atoms with Gasteiger partial charge in [0.1, 0.15) is 16.6 Å². The van der Waals surface area contributed by atoms with Crippen molar-refractivity contribution in [2.24, 2.45) is 0 Å². The topological polar surface area (TPSA) is 77.5 Å². The maximum atomic E-state index is 13.2. The summed E-state index contributed by atoms with van der Waals surface area (Å²) in [6.07, 6.45) is -1.07. The van der Waals surface area contributed by atoms with Gasteiger partial charge < -0.3 is 14.8 Å². The first kappa shape index (κ1) is 20.5. The van der Waals surface area contributed by atoms with Gasteiger partial charge in [0.2, 0.25) is 0 Å². The second-order valence-corrected chi connectivity index (χ2v) is 7.04. The first-order valence-corrected chi connectivity index (χ1v) is 9.67. The van der Waals surface area contributed by atoms with Gasteiger partial charge in [-0.25, -0.2) is 9.37 Å². The Balaban J connectivity index is 1.54. The van der Waals surface area contributed by atoms with Crippen molar-refractivity contribution in [3.63, 3.8) is 0 Å². The number of halogens is 1. The molecule has 8 heteroatoms. The van der Waals surface area contributed by atoms with Crippen LogP contribution in [0.25, 0.3) is 10.6 Å². The van der Waals surface area contributed by atoms with E-state index >= 15 is 0 Å². The molecule has 29 heavy (non-hydrogen) atoms. The van der Waals surface area contributed by atoms with Crippen LogP contribution in [0.4, 0.5) is 10.1 Å². The smallest absolute Gasteiger partial charge is 0.312 e. The van der Waals surface area contributed by atoms with Crippen molar-refractivity contribution in [3.8, 4) is 16.3 Å². The minimum atomic E-state index is -1.02. The summed E-state index contributed by atoms with van der Waals surface area (Å²) in [5, 5.41) is 5.05. The molecule has 0 aliphatic heterocycles. The zero-order valence-corrected chi connectivity index (χ0v) is 16.7. The Morgan fingerprint density at radius 2 is 1.97 bits per heavy atom. The number of anilines is 1. The number of hydrogen-bond donors (Lipinski definition) is 1. The minimum absolute atomic E-state index is 0.0513.